The molecule has 0 atom stereocenters. The summed E-state index contributed by atoms with van der Waals surface area (Å²) in [6.07, 6.45) is 3.27. The smallest absolute Gasteiger partial charge is 0.402 e. The minimum Gasteiger partial charge on any atom is -0.465 e. The molecule has 0 saturated heterocycles. The van der Waals surface area contributed by atoms with E-state index in [2.05, 4.69) is 5.73 Å². The number of rotatable bonds is 0. The molecule has 4 heteroatoms. The molecular weight excluding hydrogens is 134 g/mol. The fourth-order valence-corrected chi connectivity index (χ4v) is 0.904. The summed E-state index contributed by atoms with van der Waals surface area (Å²) in [7, 11) is 0. The van der Waals surface area contributed by atoms with E-state index in [9.17, 15) is 0 Å². The van der Waals surface area contributed by atoms with Crippen molar-refractivity contribution in [3.05, 3.63) is 0 Å². The van der Waals surface area contributed by atoms with Crippen LogP contribution in [-0.2, 0) is 0 Å². The quantitative estimate of drug-likeness (QED) is 0.467. The van der Waals surface area contributed by atoms with Gasteiger partial charge in [-0.05, 0) is 12.8 Å². The molecule has 1 amide bonds. The zero-order valence-corrected chi connectivity index (χ0v) is 5.79. The Kier molecular flexibility index (Phi) is 4.66. The Hall–Kier alpha value is -0.770. The third kappa shape index (κ3) is 7.23. The molecule has 10 heavy (non-hydrogen) atoms. The van der Waals surface area contributed by atoms with Gasteiger partial charge in [0.1, 0.15) is 0 Å². The van der Waals surface area contributed by atoms with Crippen LogP contribution in [-0.4, -0.2) is 22.4 Å². The van der Waals surface area contributed by atoms with Crippen molar-refractivity contribution < 1.29 is 15.0 Å². The first kappa shape index (κ1) is 9.23. The van der Waals surface area contributed by atoms with E-state index >= 15 is 0 Å². The minimum absolute atomic E-state index is 0.0463. The molecule has 60 valence electrons. The number of primary amides is 1. The van der Waals surface area contributed by atoms with Gasteiger partial charge in [-0.15, -0.1) is 0 Å². The molecule has 0 aliphatic heterocycles. The van der Waals surface area contributed by atoms with Gasteiger partial charge in [0.2, 0.25) is 0 Å². The van der Waals surface area contributed by atoms with Gasteiger partial charge in [0.25, 0.3) is 0 Å². The van der Waals surface area contributed by atoms with Crippen LogP contribution >= 0.6 is 0 Å². The molecular formula is C6H13NO3. The second-order valence-corrected chi connectivity index (χ2v) is 2.28. The first-order valence-electron chi connectivity index (χ1n) is 3.29. The van der Waals surface area contributed by atoms with Crippen LogP contribution in [0, 0.1) is 0 Å². The first-order chi connectivity index (χ1) is 4.63. The zero-order chi connectivity index (χ0) is 7.98. The normalized spacial score (nSPS) is 17.7. The van der Waals surface area contributed by atoms with E-state index in [-0.39, 0.29) is 6.10 Å². The second kappa shape index (κ2) is 5.05. The average molecular weight is 147 g/mol. The highest BCUT2D eigenvalue weighted by atomic mass is 16.4. The fraction of sp³-hybridized carbons (Fsp3) is 0.833. The van der Waals surface area contributed by atoms with Crippen LogP contribution in [0.1, 0.15) is 25.7 Å². The van der Waals surface area contributed by atoms with E-state index in [0.717, 1.165) is 12.8 Å². The molecule has 1 saturated carbocycles. The van der Waals surface area contributed by atoms with Gasteiger partial charge in [-0.1, -0.05) is 12.8 Å². The topological polar surface area (TPSA) is 83.6 Å². The van der Waals surface area contributed by atoms with E-state index in [1.807, 2.05) is 0 Å². The molecule has 1 aliphatic rings. The molecule has 1 rings (SSSR count). The van der Waals surface area contributed by atoms with Crippen LogP contribution in [0.3, 0.4) is 0 Å². The van der Waals surface area contributed by atoms with Crippen molar-refractivity contribution in [1.82, 2.24) is 0 Å². The van der Waals surface area contributed by atoms with Crippen molar-refractivity contribution in [2.75, 3.05) is 0 Å². The average Bonchev–Trinajstić information content (AvgIpc) is 2.15. The van der Waals surface area contributed by atoms with Gasteiger partial charge < -0.3 is 15.9 Å². The van der Waals surface area contributed by atoms with Crippen molar-refractivity contribution >= 4 is 6.09 Å². The maximum Gasteiger partial charge on any atom is 0.402 e. The predicted octanol–water partition coefficient (Wildman–Crippen LogP) is 0.544. The monoisotopic (exact) mass is 147 g/mol. The molecule has 0 radical (unpaired) electrons. The van der Waals surface area contributed by atoms with Gasteiger partial charge in [-0.25, -0.2) is 4.79 Å². The number of aliphatic hydroxyl groups excluding tert-OH is 1. The highest BCUT2D eigenvalue weighted by Crippen LogP contribution is 2.16. The number of aliphatic hydroxyl groups is 1. The summed E-state index contributed by atoms with van der Waals surface area (Å²) in [6.45, 7) is 0. The SMILES string of the molecule is NC(=O)O.OC1CCCC1. The van der Waals surface area contributed by atoms with E-state index < -0.39 is 6.09 Å². The highest BCUT2D eigenvalue weighted by molar-refractivity contribution is 5.61. The molecule has 0 bridgehead atoms. The molecule has 4 nitrogen and oxygen atoms in total. The Morgan fingerprint density at radius 3 is 1.80 bits per heavy atom. The largest absolute Gasteiger partial charge is 0.465 e. The van der Waals surface area contributed by atoms with Gasteiger partial charge in [-0.3, -0.25) is 0 Å². The molecule has 0 aromatic heterocycles. The molecule has 1 aliphatic carbocycles. The maximum atomic E-state index is 8.78. The third-order valence-corrected chi connectivity index (χ3v) is 1.32. The highest BCUT2D eigenvalue weighted by Gasteiger charge is 2.09. The van der Waals surface area contributed by atoms with Crippen LogP contribution in [0.2, 0.25) is 0 Å². The van der Waals surface area contributed by atoms with E-state index in [1.165, 1.54) is 12.8 Å². The summed E-state index contributed by atoms with van der Waals surface area (Å²) < 4.78 is 0. The van der Waals surface area contributed by atoms with Crippen molar-refractivity contribution in [3.63, 3.8) is 0 Å². The zero-order valence-electron chi connectivity index (χ0n) is 5.79. The molecule has 0 spiro atoms. The van der Waals surface area contributed by atoms with E-state index in [0.29, 0.717) is 0 Å². The first-order valence-corrected chi connectivity index (χ1v) is 3.29. The number of amides is 1. The van der Waals surface area contributed by atoms with Crippen LogP contribution < -0.4 is 5.73 Å². The third-order valence-electron chi connectivity index (χ3n) is 1.32. The lowest BCUT2D eigenvalue weighted by atomic mass is 10.3. The van der Waals surface area contributed by atoms with E-state index in [4.69, 9.17) is 15.0 Å². The summed E-state index contributed by atoms with van der Waals surface area (Å²) in [4.78, 5) is 8.78. The predicted molar refractivity (Wildman–Crippen MR) is 36.7 cm³/mol. The number of hydrogen-bond donors (Lipinski definition) is 3. The van der Waals surface area contributed by atoms with Gasteiger partial charge in [-0.2, -0.15) is 0 Å². The molecule has 4 N–H and O–H groups in total. The lowest BCUT2D eigenvalue weighted by molar-refractivity contribution is 0.183. The van der Waals surface area contributed by atoms with Crippen LogP contribution in [0.25, 0.3) is 0 Å². The van der Waals surface area contributed by atoms with Gasteiger partial charge in [0.05, 0.1) is 6.10 Å². The Morgan fingerprint density at radius 2 is 1.70 bits per heavy atom. The summed E-state index contributed by atoms with van der Waals surface area (Å²) in [5, 5.41) is 15.9. The van der Waals surface area contributed by atoms with Crippen LogP contribution in [0.4, 0.5) is 4.79 Å². The number of carbonyl (C=O) groups is 1. The lowest BCUT2D eigenvalue weighted by Crippen LogP contribution is -2.03. The van der Waals surface area contributed by atoms with Crippen LogP contribution in [0.15, 0.2) is 0 Å². The van der Waals surface area contributed by atoms with Gasteiger partial charge in [0, 0.05) is 0 Å². The summed E-state index contributed by atoms with van der Waals surface area (Å²) >= 11 is 0. The Balaban J connectivity index is 0.000000180. The van der Waals surface area contributed by atoms with Crippen molar-refractivity contribution in [2.24, 2.45) is 5.73 Å². The lowest BCUT2D eigenvalue weighted by Gasteiger charge is -1.91. The van der Waals surface area contributed by atoms with Crippen LogP contribution in [0.5, 0.6) is 0 Å². The molecule has 0 aromatic carbocycles. The molecule has 1 fully saturated rings. The van der Waals surface area contributed by atoms with Crippen molar-refractivity contribution in [2.45, 2.75) is 31.8 Å². The second-order valence-electron chi connectivity index (χ2n) is 2.28. The van der Waals surface area contributed by atoms with Crippen molar-refractivity contribution in [3.8, 4) is 0 Å². The Morgan fingerprint density at radius 1 is 1.40 bits per heavy atom. The van der Waals surface area contributed by atoms with Gasteiger partial charge >= 0.3 is 6.09 Å². The number of hydrogen-bond acceptors (Lipinski definition) is 2. The maximum absolute atomic E-state index is 8.78. The molecule has 0 heterocycles. The van der Waals surface area contributed by atoms with Crippen molar-refractivity contribution in [1.29, 1.82) is 0 Å². The Labute approximate surface area is 59.7 Å². The van der Waals surface area contributed by atoms with Gasteiger partial charge in [0.15, 0.2) is 0 Å². The van der Waals surface area contributed by atoms with E-state index in [1.54, 1.807) is 0 Å². The molecule has 0 aromatic rings. The Bertz CT molecular complexity index is 95.2. The summed E-state index contributed by atoms with van der Waals surface area (Å²) in [5.41, 5.74) is 4.03. The summed E-state index contributed by atoms with van der Waals surface area (Å²) in [5.74, 6) is 0. The summed E-state index contributed by atoms with van der Waals surface area (Å²) in [6, 6.07) is 0. The number of carboxylic acid groups (broad SMARTS) is 1. The molecule has 0 unspecified atom stereocenters. The standard InChI is InChI=1S/C5H10O.CH3NO2/c6-5-3-1-2-4-5;2-1(3)4/h5-6H,1-4H2;2H2,(H,3,4). The fourth-order valence-electron chi connectivity index (χ4n) is 0.904. The number of nitrogens with two attached hydrogens (primary N) is 1. The minimum atomic E-state index is -1.33.